The van der Waals surface area contributed by atoms with Crippen LogP contribution in [0.4, 0.5) is 8.78 Å². The Bertz CT molecular complexity index is 1080. The number of halogens is 2. The maximum absolute atomic E-state index is 12.6. The predicted octanol–water partition coefficient (Wildman–Crippen LogP) is 5.78. The minimum absolute atomic E-state index is 0.0503. The molecule has 0 radical (unpaired) electrons. The van der Waals surface area contributed by atoms with E-state index < -0.39 is 6.61 Å². The molecule has 3 aromatic rings. The van der Waals surface area contributed by atoms with Gasteiger partial charge < -0.3 is 18.9 Å². The molecular formula is C25H22F2O5. The van der Waals surface area contributed by atoms with Crippen LogP contribution in [0.1, 0.15) is 21.5 Å². The van der Waals surface area contributed by atoms with E-state index in [9.17, 15) is 13.6 Å². The van der Waals surface area contributed by atoms with E-state index in [-0.39, 0.29) is 22.8 Å². The van der Waals surface area contributed by atoms with Gasteiger partial charge >= 0.3 is 6.61 Å². The molecule has 7 heteroatoms. The second-order valence-electron chi connectivity index (χ2n) is 6.61. The number of rotatable bonds is 10. The minimum atomic E-state index is -2.99. The van der Waals surface area contributed by atoms with E-state index in [0.717, 1.165) is 16.9 Å². The molecule has 0 bridgehead atoms. The van der Waals surface area contributed by atoms with Gasteiger partial charge in [-0.15, -0.1) is 0 Å². The fourth-order valence-corrected chi connectivity index (χ4v) is 2.98. The van der Waals surface area contributed by atoms with Crippen LogP contribution >= 0.6 is 0 Å². The Morgan fingerprint density at radius 2 is 1.62 bits per heavy atom. The Morgan fingerprint density at radius 1 is 0.906 bits per heavy atom. The van der Waals surface area contributed by atoms with Gasteiger partial charge in [-0.2, -0.15) is 8.78 Å². The van der Waals surface area contributed by atoms with Crippen molar-refractivity contribution in [3.63, 3.8) is 0 Å². The minimum Gasteiger partial charge on any atom is -0.496 e. The van der Waals surface area contributed by atoms with E-state index in [2.05, 4.69) is 4.74 Å². The van der Waals surface area contributed by atoms with Crippen LogP contribution in [0.15, 0.2) is 72.8 Å². The van der Waals surface area contributed by atoms with Crippen molar-refractivity contribution in [1.29, 1.82) is 0 Å². The summed E-state index contributed by atoms with van der Waals surface area (Å²) in [7, 11) is 2.89. The van der Waals surface area contributed by atoms with E-state index in [4.69, 9.17) is 14.2 Å². The van der Waals surface area contributed by atoms with Crippen molar-refractivity contribution in [2.24, 2.45) is 0 Å². The Kier molecular flexibility index (Phi) is 7.80. The monoisotopic (exact) mass is 440 g/mol. The molecule has 0 amide bonds. The number of benzene rings is 3. The van der Waals surface area contributed by atoms with Crippen molar-refractivity contribution in [2.75, 3.05) is 14.2 Å². The van der Waals surface area contributed by atoms with Gasteiger partial charge in [0.1, 0.15) is 18.1 Å². The number of carbonyl (C=O) groups excluding carboxylic acids is 1. The summed E-state index contributed by atoms with van der Waals surface area (Å²) in [6, 6.07) is 18.9. The number of allylic oxidation sites excluding steroid dienone is 1. The summed E-state index contributed by atoms with van der Waals surface area (Å²) in [5, 5.41) is 0. The molecule has 0 atom stereocenters. The number of ether oxygens (including phenoxy) is 4. The van der Waals surface area contributed by atoms with Crippen molar-refractivity contribution in [2.45, 2.75) is 13.2 Å². The lowest BCUT2D eigenvalue weighted by Crippen LogP contribution is -2.04. The summed E-state index contributed by atoms with van der Waals surface area (Å²) >= 11 is 0. The van der Waals surface area contributed by atoms with Gasteiger partial charge in [0.25, 0.3) is 0 Å². The SMILES string of the molecule is COc1ccc(/C=C/C(=O)c2ccc(OC(F)F)c(OC)c2)cc1COc1ccccc1. The molecule has 0 spiro atoms. The fraction of sp³-hybridized carbons (Fsp3) is 0.160. The van der Waals surface area contributed by atoms with Crippen molar-refractivity contribution >= 4 is 11.9 Å². The third-order valence-corrected chi connectivity index (χ3v) is 4.53. The Morgan fingerprint density at radius 3 is 2.31 bits per heavy atom. The lowest BCUT2D eigenvalue weighted by molar-refractivity contribution is -0.0512. The van der Waals surface area contributed by atoms with Crippen molar-refractivity contribution in [3.8, 4) is 23.0 Å². The maximum Gasteiger partial charge on any atom is 0.387 e. The van der Waals surface area contributed by atoms with Gasteiger partial charge in [0, 0.05) is 11.1 Å². The topological polar surface area (TPSA) is 54.0 Å². The van der Waals surface area contributed by atoms with Crippen molar-refractivity contribution < 1.29 is 32.5 Å². The summed E-state index contributed by atoms with van der Waals surface area (Å²) in [5.74, 6) is 1.00. The van der Waals surface area contributed by atoms with Crippen molar-refractivity contribution in [1.82, 2.24) is 0 Å². The zero-order valence-electron chi connectivity index (χ0n) is 17.6. The molecule has 3 aromatic carbocycles. The zero-order chi connectivity index (χ0) is 22.9. The van der Waals surface area contributed by atoms with E-state index in [1.54, 1.807) is 19.3 Å². The molecule has 0 heterocycles. The fourth-order valence-electron chi connectivity index (χ4n) is 2.98. The Balaban J connectivity index is 1.74. The quantitative estimate of drug-likeness (QED) is 0.295. The first-order valence-corrected chi connectivity index (χ1v) is 9.70. The lowest BCUT2D eigenvalue weighted by Gasteiger charge is -2.11. The van der Waals surface area contributed by atoms with Crippen LogP contribution in [-0.2, 0) is 6.61 Å². The maximum atomic E-state index is 12.6. The number of para-hydroxylation sites is 1. The van der Waals surface area contributed by atoms with Gasteiger partial charge in [0.05, 0.1) is 14.2 Å². The van der Waals surface area contributed by atoms with Gasteiger partial charge in [0.15, 0.2) is 17.3 Å². The molecule has 5 nitrogen and oxygen atoms in total. The highest BCUT2D eigenvalue weighted by atomic mass is 19.3. The summed E-state index contributed by atoms with van der Waals surface area (Å²) in [6.07, 6.45) is 3.05. The van der Waals surface area contributed by atoms with Gasteiger partial charge in [-0.05, 0) is 54.1 Å². The Hall–Kier alpha value is -3.87. The smallest absolute Gasteiger partial charge is 0.387 e. The van der Waals surface area contributed by atoms with Gasteiger partial charge in [-0.1, -0.05) is 30.3 Å². The third kappa shape index (κ3) is 6.07. The second kappa shape index (κ2) is 10.9. The van der Waals surface area contributed by atoms with Crippen LogP contribution in [-0.4, -0.2) is 26.6 Å². The molecule has 0 unspecified atom stereocenters. The average molecular weight is 440 g/mol. The largest absolute Gasteiger partial charge is 0.496 e. The number of carbonyl (C=O) groups is 1. The molecule has 32 heavy (non-hydrogen) atoms. The number of methoxy groups -OCH3 is 2. The van der Waals surface area contributed by atoms with Crippen LogP contribution in [0.5, 0.6) is 23.0 Å². The Labute approximate surface area is 184 Å². The molecule has 0 aliphatic rings. The molecule has 0 N–H and O–H groups in total. The molecule has 0 fully saturated rings. The highest BCUT2D eigenvalue weighted by Gasteiger charge is 2.13. The van der Waals surface area contributed by atoms with Crippen LogP contribution in [0.2, 0.25) is 0 Å². The lowest BCUT2D eigenvalue weighted by atomic mass is 10.1. The molecule has 166 valence electrons. The van der Waals surface area contributed by atoms with Crippen LogP contribution in [0, 0.1) is 0 Å². The molecule has 0 aliphatic heterocycles. The summed E-state index contributed by atoms with van der Waals surface area (Å²) < 4.78 is 45.6. The highest BCUT2D eigenvalue weighted by Crippen LogP contribution is 2.30. The van der Waals surface area contributed by atoms with Gasteiger partial charge in [-0.3, -0.25) is 4.79 Å². The number of alkyl halides is 2. The van der Waals surface area contributed by atoms with Gasteiger partial charge in [-0.25, -0.2) is 0 Å². The van der Waals surface area contributed by atoms with E-state index >= 15 is 0 Å². The van der Waals surface area contributed by atoms with E-state index in [1.165, 1.54) is 31.4 Å². The molecule has 3 rings (SSSR count). The molecule has 0 aliphatic carbocycles. The standard InChI is InChI=1S/C25H22F2O5/c1-29-22-12-9-17(14-19(22)16-31-20-6-4-3-5-7-20)8-11-21(28)18-10-13-23(32-25(26)27)24(15-18)30-2/h3-15,25H,16H2,1-2H3/b11-8+. The number of hydrogen-bond acceptors (Lipinski definition) is 5. The first kappa shape index (κ1) is 22.8. The average Bonchev–Trinajstić information content (AvgIpc) is 2.81. The third-order valence-electron chi connectivity index (χ3n) is 4.53. The number of ketones is 1. The first-order chi connectivity index (χ1) is 15.5. The molecule has 0 aromatic heterocycles. The normalized spacial score (nSPS) is 10.9. The van der Waals surface area contributed by atoms with Crippen LogP contribution < -0.4 is 18.9 Å². The van der Waals surface area contributed by atoms with Crippen LogP contribution in [0.25, 0.3) is 6.08 Å². The second-order valence-corrected chi connectivity index (χ2v) is 6.61. The number of hydrogen-bond donors (Lipinski definition) is 0. The first-order valence-electron chi connectivity index (χ1n) is 9.70. The van der Waals surface area contributed by atoms with Crippen molar-refractivity contribution in [3.05, 3.63) is 89.5 Å². The van der Waals surface area contributed by atoms with Gasteiger partial charge in [0.2, 0.25) is 0 Å². The molecule has 0 saturated carbocycles. The summed E-state index contributed by atoms with van der Waals surface area (Å²) in [4.78, 5) is 12.6. The molecule has 0 saturated heterocycles. The van der Waals surface area contributed by atoms with E-state index in [1.807, 2.05) is 42.5 Å². The summed E-state index contributed by atoms with van der Waals surface area (Å²) in [5.41, 5.74) is 1.87. The molecular weight excluding hydrogens is 418 g/mol. The van der Waals surface area contributed by atoms with E-state index in [0.29, 0.717) is 12.4 Å². The van der Waals surface area contributed by atoms with Crippen LogP contribution in [0.3, 0.4) is 0 Å². The zero-order valence-corrected chi connectivity index (χ0v) is 17.6. The highest BCUT2D eigenvalue weighted by molar-refractivity contribution is 6.07. The predicted molar refractivity (Wildman–Crippen MR) is 117 cm³/mol. The summed E-state index contributed by atoms with van der Waals surface area (Å²) in [6.45, 7) is -2.69.